The van der Waals surface area contributed by atoms with Crippen molar-refractivity contribution in [3.63, 3.8) is 0 Å². The number of rotatable bonds is 9. The standard InChI is InChI=1S/C23H38BO5/c1-4-7-16(3)18(25)28-23-9-6-8-21(14-23,15-23)19(26)29-24-17-10-20(5-2)12-22(27,11-17)13-20/h16-18,25,27H,4-15H2,1-3H3. The first-order valence-electron chi connectivity index (χ1n) is 11.8. The van der Waals surface area contributed by atoms with E-state index >= 15 is 0 Å². The van der Waals surface area contributed by atoms with Crippen molar-refractivity contribution in [2.24, 2.45) is 16.7 Å². The summed E-state index contributed by atoms with van der Waals surface area (Å²) in [6.07, 6.45) is 9.83. The monoisotopic (exact) mass is 405 g/mol. The summed E-state index contributed by atoms with van der Waals surface area (Å²) in [5.74, 6) is 0.134. The third kappa shape index (κ3) is 3.90. The predicted octanol–water partition coefficient (Wildman–Crippen LogP) is 4.13. The first-order chi connectivity index (χ1) is 13.7. The van der Waals surface area contributed by atoms with E-state index in [1.54, 1.807) is 7.48 Å². The van der Waals surface area contributed by atoms with E-state index in [2.05, 4.69) is 13.8 Å². The van der Waals surface area contributed by atoms with Crippen LogP contribution in [-0.2, 0) is 14.2 Å². The van der Waals surface area contributed by atoms with Gasteiger partial charge in [-0.05, 0) is 75.4 Å². The molecule has 6 rings (SSSR count). The van der Waals surface area contributed by atoms with Crippen molar-refractivity contribution in [1.82, 2.24) is 0 Å². The van der Waals surface area contributed by atoms with Crippen molar-refractivity contribution in [2.45, 2.75) is 121 Å². The van der Waals surface area contributed by atoms with E-state index in [9.17, 15) is 15.0 Å². The lowest BCUT2D eigenvalue weighted by Gasteiger charge is -2.60. The highest BCUT2D eigenvalue weighted by molar-refractivity contribution is 6.33. The van der Waals surface area contributed by atoms with Crippen molar-refractivity contribution in [2.75, 3.05) is 0 Å². The Morgan fingerprint density at radius 1 is 1.17 bits per heavy atom. The zero-order valence-electron chi connectivity index (χ0n) is 18.4. The molecule has 6 saturated carbocycles. The number of fused-ring (bicyclic) bond motifs is 4. The Bertz CT molecular complexity index is 623. The lowest BCUT2D eigenvalue weighted by Crippen LogP contribution is -2.62. The molecule has 0 aliphatic heterocycles. The summed E-state index contributed by atoms with van der Waals surface area (Å²) in [6, 6.07) is 0. The second-order valence-corrected chi connectivity index (χ2v) is 11.1. The molecule has 0 heterocycles. The molecule has 29 heavy (non-hydrogen) atoms. The molecular formula is C23H38BO5. The second-order valence-electron chi connectivity index (χ2n) is 11.1. The smallest absolute Gasteiger partial charge is 0.377 e. The minimum absolute atomic E-state index is 0.112. The van der Waals surface area contributed by atoms with Crippen molar-refractivity contribution in [3.05, 3.63) is 0 Å². The van der Waals surface area contributed by atoms with Crippen LogP contribution < -0.4 is 0 Å². The normalized spacial score (nSPS) is 44.8. The first-order valence-corrected chi connectivity index (χ1v) is 11.8. The summed E-state index contributed by atoms with van der Waals surface area (Å²) in [4.78, 5) is 13.0. The topological polar surface area (TPSA) is 76.0 Å². The summed E-state index contributed by atoms with van der Waals surface area (Å²) >= 11 is 0. The van der Waals surface area contributed by atoms with Crippen LogP contribution in [-0.4, -0.2) is 41.2 Å². The van der Waals surface area contributed by atoms with Gasteiger partial charge in [-0.2, -0.15) is 0 Å². The van der Waals surface area contributed by atoms with E-state index in [1.807, 2.05) is 6.92 Å². The molecule has 3 atom stereocenters. The summed E-state index contributed by atoms with van der Waals surface area (Å²) < 4.78 is 11.8. The minimum Gasteiger partial charge on any atom is -0.538 e. The van der Waals surface area contributed by atoms with Crippen molar-refractivity contribution in [3.8, 4) is 0 Å². The lowest BCUT2D eigenvalue weighted by molar-refractivity contribution is -0.279. The van der Waals surface area contributed by atoms with Crippen LogP contribution in [0.1, 0.15) is 97.8 Å². The van der Waals surface area contributed by atoms with Gasteiger partial charge in [-0.3, -0.25) is 4.79 Å². The summed E-state index contributed by atoms with van der Waals surface area (Å²) in [6.45, 7) is 6.33. The lowest BCUT2D eigenvalue weighted by atomic mass is 9.44. The van der Waals surface area contributed by atoms with Gasteiger partial charge >= 0.3 is 7.48 Å². The molecule has 6 aliphatic rings. The molecule has 6 heteroatoms. The van der Waals surface area contributed by atoms with E-state index in [-0.39, 0.29) is 28.7 Å². The SMILES string of the molecule is CCCC(C)C(O)OC12CCCC(C(=O)O[B]C3CC4(O)CC(CC)(C3)C4)(C1)C2. The highest BCUT2D eigenvalue weighted by Crippen LogP contribution is 2.64. The molecule has 2 N–H and O–H groups in total. The molecule has 6 fully saturated rings. The molecule has 0 aromatic rings. The third-order valence-corrected chi connectivity index (χ3v) is 8.51. The maximum Gasteiger partial charge on any atom is 0.377 e. The Kier molecular flexibility index (Phi) is 5.62. The number of ether oxygens (including phenoxy) is 1. The number of aliphatic hydroxyl groups is 2. The zero-order valence-corrected chi connectivity index (χ0v) is 18.4. The molecule has 5 nitrogen and oxygen atoms in total. The van der Waals surface area contributed by atoms with Crippen molar-refractivity contribution < 1.29 is 24.4 Å². The molecule has 0 saturated heterocycles. The Morgan fingerprint density at radius 2 is 1.90 bits per heavy atom. The van der Waals surface area contributed by atoms with Crippen LogP contribution in [0.2, 0.25) is 5.82 Å². The fourth-order valence-electron chi connectivity index (χ4n) is 7.17. The van der Waals surface area contributed by atoms with E-state index in [0.29, 0.717) is 19.3 Å². The van der Waals surface area contributed by atoms with Crippen LogP contribution in [0.3, 0.4) is 0 Å². The van der Waals surface area contributed by atoms with Gasteiger partial charge in [-0.25, -0.2) is 0 Å². The molecule has 0 spiro atoms. The van der Waals surface area contributed by atoms with Gasteiger partial charge < -0.3 is 19.6 Å². The van der Waals surface area contributed by atoms with E-state index in [0.717, 1.165) is 57.8 Å². The Morgan fingerprint density at radius 3 is 2.55 bits per heavy atom. The molecule has 0 amide bonds. The molecule has 163 valence electrons. The van der Waals surface area contributed by atoms with Gasteiger partial charge in [0.1, 0.15) is 0 Å². The average Bonchev–Trinajstić information content (AvgIpc) is 2.64. The Balaban J connectivity index is 1.29. The zero-order chi connectivity index (χ0) is 20.9. The second kappa shape index (κ2) is 7.53. The summed E-state index contributed by atoms with van der Waals surface area (Å²) in [5, 5.41) is 21.0. The van der Waals surface area contributed by atoms with Gasteiger partial charge in [0.25, 0.3) is 5.97 Å². The van der Waals surface area contributed by atoms with E-state index < -0.39 is 17.3 Å². The van der Waals surface area contributed by atoms with Gasteiger partial charge in [0.15, 0.2) is 6.29 Å². The number of carbonyl (C=O) groups excluding carboxylic acids is 1. The van der Waals surface area contributed by atoms with Gasteiger partial charge in [0.05, 0.1) is 16.6 Å². The van der Waals surface area contributed by atoms with Crippen molar-refractivity contribution >= 4 is 13.5 Å². The number of hydrogen-bond acceptors (Lipinski definition) is 5. The molecular weight excluding hydrogens is 367 g/mol. The van der Waals surface area contributed by atoms with Gasteiger partial charge in [-0.1, -0.05) is 33.6 Å². The third-order valence-electron chi connectivity index (χ3n) is 8.51. The van der Waals surface area contributed by atoms with Crippen LogP contribution >= 0.6 is 0 Å². The molecule has 1 radical (unpaired) electrons. The van der Waals surface area contributed by atoms with Gasteiger partial charge in [-0.15, -0.1) is 0 Å². The summed E-state index contributed by atoms with van der Waals surface area (Å²) in [5.41, 5.74) is -1.10. The van der Waals surface area contributed by atoms with Gasteiger partial charge in [0, 0.05) is 5.92 Å². The maximum absolute atomic E-state index is 13.0. The van der Waals surface area contributed by atoms with Crippen LogP contribution in [0.25, 0.3) is 0 Å². The fraction of sp³-hybridized carbons (Fsp3) is 0.957. The van der Waals surface area contributed by atoms with Crippen LogP contribution in [0.15, 0.2) is 0 Å². The molecule has 3 unspecified atom stereocenters. The van der Waals surface area contributed by atoms with Crippen molar-refractivity contribution in [1.29, 1.82) is 0 Å². The highest BCUT2D eigenvalue weighted by Gasteiger charge is 2.64. The molecule has 4 bridgehead atoms. The Hall–Kier alpha value is -0.585. The fourth-order valence-corrected chi connectivity index (χ4v) is 7.17. The quantitative estimate of drug-likeness (QED) is 0.446. The molecule has 0 aromatic carbocycles. The predicted molar refractivity (Wildman–Crippen MR) is 111 cm³/mol. The maximum atomic E-state index is 13.0. The molecule has 0 aromatic heterocycles. The average molecular weight is 405 g/mol. The van der Waals surface area contributed by atoms with Crippen LogP contribution in [0, 0.1) is 16.7 Å². The Labute approximate surface area is 176 Å². The molecule has 6 aliphatic carbocycles. The highest BCUT2D eigenvalue weighted by atomic mass is 16.6. The van der Waals surface area contributed by atoms with Crippen LogP contribution in [0.4, 0.5) is 0 Å². The number of aliphatic hydroxyl groups excluding tert-OH is 1. The number of hydrogen-bond donors (Lipinski definition) is 2. The number of carbonyl (C=O) groups is 1. The van der Waals surface area contributed by atoms with Gasteiger partial charge in [0.2, 0.25) is 0 Å². The minimum atomic E-state index is -0.756. The largest absolute Gasteiger partial charge is 0.538 e. The summed E-state index contributed by atoms with van der Waals surface area (Å²) in [7, 11) is 1.72. The first kappa shape index (κ1) is 21.6. The van der Waals surface area contributed by atoms with E-state index in [4.69, 9.17) is 9.39 Å². The van der Waals surface area contributed by atoms with E-state index in [1.165, 1.54) is 0 Å². The van der Waals surface area contributed by atoms with Crippen LogP contribution in [0.5, 0.6) is 0 Å².